The van der Waals surface area contributed by atoms with E-state index in [0.29, 0.717) is 17.1 Å². The number of halogens is 1. The average Bonchev–Trinajstić information content (AvgIpc) is 2.86. The van der Waals surface area contributed by atoms with Crippen LogP contribution in [0.2, 0.25) is 0 Å². The number of nitro benzene ring substituents is 1. The van der Waals surface area contributed by atoms with E-state index in [4.69, 9.17) is 0 Å². The summed E-state index contributed by atoms with van der Waals surface area (Å²) in [5.74, 6) is 0. The van der Waals surface area contributed by atoms with Crippen LogP contribution in [0.5, 0.6) is 0 Å². The maximum absolute atomic E-state index is 10.9. The molecule has 112 valence electrons. The molecule has 0 radical (unpaired) electrons. The minimum Gasteiger partial charge on any atom is -0.350 e. The van der Waals surface area contributed by atoms with Crippen molar-refractivity contribution in [2.45, 2.75) is 33.0 Å². The minimum absolute atomic E-state index is 0.0985. The van der Waals surface area contributed by atoms with Crippen molar-refractivity contribution < 1.29 is 4.92 Å². The van der Waals surface area contributed by atoms with Crippen LogP contribution in [0.1, 0.15) is 25.0 Å². The van der Waals surface area contributed by atoms with E-state index < -0.39 is 0 Å². The van der Waals surface area contributed by atoms with Crippen LogP contribution in [-0.4, -0.2) is 15.5 Å². The molecule has 0 aliphatic heterocycles. The smallest absolute Gasteiger partial charge is 0.283 e. The van der Waals surface area contributed by atoms with Crippen LogP contribution in [-0.2, 0) is 13.1 Å². The zero-order valence-corrected chi connectivity index (χ0v) is 13.6. The molecule has 1 aromatic carbocycles. The molecule has 0 saturated carbocycles. The van der Waals surface area contributed by atoms with E-state index in [1.807, 2.05) is 16.8 Å². The molecule has 21 heavy (non-hydrogen) atoms. The van der Waals surface area contributed by atoms with E-state index >= 15 is 0 Å². The van der Waals surface area contributed by atoms with Crippen molar-refractivity contribution in [3.05, 3.63) is 62.4 Å². The fourth-order valence-electron chi connectivity index (χ4n) is 2.04. The maximum atomic E-state index is 10.9. The Kier molecular flexibility index (Phi) is 5.14. The second-order valence-corrected chi connectivity index (χ2v) is 6.03. The number of aromatic nitrogens is 1. The van der Waals surface area contributed by atoms with Gasteiger partial charge in [-0.2, -0.15) is 0 Å². The molecule has 1 N–H and O–H groups in total. The van der Waals surface area contributed by atoms with Crippen LogP contribution in [0.4, 0.5) is 5.69 Å². The third-order valence-corrected chi connectivity index (χ3v) is 4.05. The molecule has 1 aromatic heterocycles. The Morgan fingerprint density at radius 3 is 2.81 bits per heavy atom. The number of hydrogen-bond donors (Lipinski definition) is 1. The number of nitrogens with zero attached hydrogens (tertiary/aromatic N) is 2. The largest absolute Gasteiger partial charge is 0.350 e. The minimum atomic E-state index is -0.374. The molecule has 0 aliphatic rings. The Labute approximate surface area is 132 Å². The summed E-state index contributed by atoms with van der Waals surface area (Å²) in [5.41, 5.74) is 2.19. The summed E-state index contributed by atoms with van der Waals surface area (Å²) in [5, 5.41) is 14.3. The highest BCUT2D eigenvalue weighted by Gasteiger charge is 2.14. The van der Waals surface area contributed by atoms with Gasteiger partial charge in [0.1, 0.15) is 4.47 Å². The zero-order chi connectivity index (χ0) is 15.4. The number of nitro groups is 1. The van der Waals surface area contributed by atoms with E-state index in [9.17, 15) is 10.1 Å². The molecule has 6 heteroatoms. The fourth-order valence-corrected chi connectivity index (χ4v) is 2.58. The highest BCUT2D eigenvalue weighted by atomic mass is 79.9. The molecular weight excluding hydrogens is 334 g/mol. The molecule has 0 spiro atoms. The first kappa shape index (κ1) is 15.7. The molecule has 5 nitrogen and oxygen atoms in total. The molecule has 1 heterocycles. The lowest BCUT2D eigenvalue weighted by molar-refractivity contribution is -0.385. The number of benzene rings is 1. The van der Waals surface area contributed by atoms with Gasteiger partial charge in [0.05, 0.1) is 4.92 Å². The third kappa shape index (κ3) is 4.15. The topological polar surface area (TPSA) is 60.1 Å². The van der Waals surface area contributed by atoms with Crippen LogP contribution in [0, 0.1) is 10.1 Å². The van der Waals surface area contributed by atoms with Gasteiger partial charge in [-0.15, -0.1) is 0 Å². The summed E-state index contributed by atoms with van der Waals surface area (Å²) in [7, 11) is 0. The quantitative estimate of drug-likeness (QED) is 0.637. The second kappa shape index (κ2) is 6.87. The molecule has 0 amide bonds. The molecule has 0 unspecified atom stereocenters. The summed E-state index contributed by atoms with van der Waals surface area (Å²) in [6.07, 6.45) is 4.04. The van der Waals surface area contributed by atoms with E-state index in [1.165, 1.54) is 11.6 Å². The highest BCUT2D eigenvalue weighted by molar-refractivity contribution is 9.10. The van der Waals surface area contributed by atoms with E-state index in [1.54, 1.807) is 6.07 Å². The van der Waals surface area contributed by atoms with E-state index in [2.05, 4.69) is 47.4 Å². The SMILES string of the molecule is CC(C)NCc1ccn(Cc2cccc([N+](=O)[O-])c2Br)c1. The molecule has 0 fully saturated rings. The van der Waals surface area contributed by atoms with Gasteiger partial charge in [0.25, 0.3) is 5.69 Å². The first-order chi connectivity index (χ1) is 9.97. The predicted octanol–water partition coefficient (Wildman–Crippen LogP) is 3.71. The molecule has 2 rings (SSSR count). The number of nitrogens with one attached hydrogen (secondary N) is 1. The monoisotopic (exact) mass is 351 g/mol. The predicted molar refractivity (Wildman–Crippen MR) is 86.3 cm³/mol. The Morgan fingerprint density at radius 1 is 1.38 bits per heavy atom. The Morgan fingerprint density at radius 2 is 2.14 bits per heavy atom. The van der Waals surface area contributed by atoms with Crippen molar-refractivity contribution in [2.75, 3.05) is 0 Å². The summed E-state index contributed by atoms with van der Waals surface area (Å²) < 4.78 is 2.58. The van der Waals surface area contributed by atoms with Gasteiger partial charge in [-0.25, -0.2) is 0 Å². The third-order valence-electron chi connectivity index (χ3n) is 3.13. The van der Waals surface area contributed by atoms with E-state index in [0.717, 1.165) is 12.1 Å². The lowest BCUT2D eigenvalue weighted by Crippen LogP contribution is -2.21. The van der Waals surface area contributed by atoms with Crippen molar-refractivity contribution >= 4 is 21.6 Å². The molecule has 2 aromatic rings. The standard InChI is InChI=1S/C15H18BrN3O2/c1-11(2)17-8-12-6-7-18(9-12)10-13-4-3-5-14(15(13)16)19(20)21/h3-7,9,11,17H,8,10H2,1-2H3. The molecule has 0 aliphatic carbocycles. The Hall–Kier alpha value is -1.66. The first-order valence-corrected chi connectivity index (χ1v) is 7.56. The van der Waals surface area contributed by atoms with Crippen molar-refractivity contribution in [3.63, 3.8) is 0 Å². The number of hydrogen-bond acceptors (Lipinski definition) is 3. The van der Waals surface area contributed by atoms with Crippen molar-refractivity contribution in [1.29, 1.82) is 0 Å². The summed E-state index contributed by atoms with van der Waals surface area (Å²) in [6, 6.07) is 7.60. The van der Waals surface area contributed by atoms with Crippen LogP contribution < -0.4 is 5.32 Å². The van der Waals surface area contributed by atoms with Gasteiger partial charge in [-0.1, -0.05) is 26.0 Å². The normalized spacial score (nSPS) is 11.0. The zero-order valence-electron chi connectivity index (χ0n) is 12.0. The summed E-state index contributed by atoms with van der Waals surface area (Å²) in [6.45, 7) is 5.64. The molecule has 0 saturated heterocycles. The van der Waals surface area contributed by atoms with Gasteiger partial charge in [-0.3, -0.25) is 10.1 Å². The summed E-state index contributed by atoms with van der Waals surface area (Å²) in [4.78, 5) is 10.6. The van der Waals surface area contributed by atoms with Crippen LogP contribution in [0.3, 0.4) is 0 Å². The van der Waals surface area contributed by atoms with Gasteiger partial charge in [-0.05, 0) is 33.1 Å². The highest BCUT2D eigenvalue weighted by Crippen LogP contribution is 2.28. The lowest BCUT2D eigenvalue weighted by Gasteiger charge is -2.07. The van der Waals surface area contributed by atoms with Crippen LogP contribution in [0.25, 0.3) is 0 Å². The lowest BCUT2D eigenvalue weighted by atomic mass is 10.2. The van der Waals surface area contributed by atoms with Crippen LogP contribution >= 0.6 is 15.9 Å². The van der Waals surface area contributed by atoms with Crippen molar-refractivity contribution in [1.82, 2.24) is 9.88 Å². The first-order valence-electron chi connectivity index (χ1n) is 6.77. The Bertz CT molecular complexity index is 638. The van der Waals surface area contributed by atoms with Crippen LogP contribution in [0.15, 0.2) is 41.1 Å². The van der Waals surface area contributed by atoms with E-state index in [-0.39, 0.29) is 10.6 Å². The van der Waals surface area contributed by atoms with Crippen molar-refractivity contribution in [2.24, 2.45) is 0 Å². The number of rotatable bonds is 6. The average molecular weight is 352 g/mol. The maximum Gasteiger partial charge on any atom is 0.283 e. The van der Waals surface area contributed by atoms with Gasteiger partial charge >= 0.3 is 0 Å². The van der Waals surface area contributed by atoms with Crippen molar-refractivity contribution in [3.8, 4) is 0 Å². The van der Waals surface area contributed by atoms with Gasteiger partial charge < -0.3 is 9.88 Å². The van der Waals surface area contributed by atoms with Gasteiger partial charge in [0, 0.05) is 37.6 Å². The van der Waals surface area contributed by atoms with Gasteiger partial charge in [0.2, 0.25) is 0 Å². The Balaban J connectivity index is 2.12. The molecule has 0 atom stereocenters. The summed E-state index contributed by atoms with van der Waals surface area (Å²) >= 11 is 3.33. The fraction of sp³-hybridized carbons (Fsp3) is 0.333. The van der Waals surface area contributed by atoms with Gasteiger partial charge in [0.15, 0.2) is 0 Å². The second-order valence-electron chi connectivity index (χ2n) is 5.24. The molecule has 0 bridgehead atoms. The molecular formula is C15H18BrN3O2.